The lowest BCUT2D eigenvalue weighted by molar-refractivity contribution is 0.468. The van der Waals surface area contributed by atoms with Crippen molar-refractivity contribution >= 4 is 33.3 Å². The molecule has 1 atom stereocenters. The number of nitrogens with one attached hydrogen (secondary N) is 3. The standard InChI is InChI=1S/C17H28ClN5O2S/c1-3-19-17(20-10-11-21-26(2,24)25)22-14-7-6-12-23(13-14)16-9-5-4-8-15(16)18/h4-5,8-9,14,21H,3,6-7,10-13H2,1-2H3,(H2,19,20,22). The fourth-order valence-electron chi connectivity index (χ4n) is 2.93. The first-order valence-electron chi connectivity index (χ1n) is 8.88. The van der Waals surface area contributed by atoms with Crippen LogP contribution >= 0.6 is 11.6 Å². The highest BCUT2D eigenvalue weighted by molar-refractivity contribution is 7.88. The molecule has 146 valence electrons. The molecular formula is C17H28ClN5O2S. The van der Waals surface area contributed by atoms with E-state index in [-0.39, 0.29) is 12.6 Å². The first-order chi connectivity index (χ1) is 12.4. The third-order valence-electron chi connectivity index (χ3n) is 4.05. The van der Waals surface area contributed by atoms with Crippen molar-refractivity contribution in [2.24, 2.45) is 4.99 Å². The molecule has 0 amide bonds. The molecule has 1 heterocycles. The molecule has 0 saturated carbocycles. The zero-order valence-electron chi connectivity index (χ0n) is 15.3. The Morgan fingerprint density at radius 1 is 1.38 bits per heavy atom. The maximum Gasteiger partial charge on any atom is 0.208 e. The Bertz CT molecular complexity index is 711. The van der Waals surface area contributed by atoms with Gasteiger partial charge >= 0.3 is 0 Å². The highest BCUT2D eigenvalue weighted by atomic mass is 35.5. The highest BCUT2D eigenvalue weighted by Crippen LogP contribution is 2.27. The van der Waals surface area contributed by atoms with Gasteiger partial charge in [0.05, 0.1) is 23.5 Å². The highest BCUT2D eigenvalue weighted by Gasteiger charge is 2.22. The Hall–Kier alpha value is -1.51. The number of piperidine rings is 1. The number of rotatable bonds is 7. The van der Waals surface area contributed by atoms with Crippen molar-refractivity contribution in [3.05, 3.63) is 29.3 Å². The second-order valence-electron chi connectivity index (χ2n) is 6.31. The van der Waals surface area contributed by atoms with Crippen LogP contribution in [0.25, 0.3) is 0 Å². The van der Waals surface area contributed by atoms with Crippen LogP contribution in [0.4, 0.5) is 5.69 Å². The van der Waals surface area contributed by atoms with Crippen LogP contribution in [0, 0.1) is 0 Å². The molecule has 0 spiro atoms. The molecule has 1 aliphatic heterocycles. The van der Waals surface area contributed by atoms with E-state index in [1.54, 1.807) is 0 Å². The van der Waals surface area contributed by atoms with Gasteiger partial charge in [-0.15, -0.1) is 0 Å². The van der Waals surface area contributed by atoms with E-state index in [0.29, 0.717) is 12.5 Å². The van der Waals surface area contributed by atoms with Gasteiger partial charge in [-0.3, -0.25) is 4.99 Å². The van der Waals surface area contributed by atoms with Gasteiger partial charge < -0.3 is 15.5 Å². The Kier molecular flexibility index (Phi) is 7.99. The van der Waals surface area contributed by atoms with Gasteiger partial charge in [0, 0.05) is 32.2 Å². The van der Waals surface area contributed by atoms with Crippen molar-refractivity contribution in [2.75, 3.05) is 43.9 Å². The molecule has 1 aromatic rings. The lowest BCUT2D eigenvalue weighted by Crippen LogP contribution is -2.51. The van der Waals surface area contributed by atoms with Crippen LogP contribution in [0.3, 0.4) is 0 Å². The monoisotopic (exact) mass is 401 g/mol. The second kappa shape index (κ2) is 9.99. The predicted molar refractivity (Wildman–Crippen MR) is 109 cm³/mol. The minimum atomic E-state index is -3.18. The molecule has 1 saturated heterocycles. The maximum absolute atomic E-state index is 11.1. The van der Waals surface area contributed by atoms with Gasteiger partial charge in [0.25, 0.3) is 0 Å². The van der Waals surface area contributed by atoms with Crippen molar-refractivity contribution in [3.63, 3.8) is 0 Å². The predicted octanol–water partition coefficient (Wildman–Crippen LogP) is 1.41. The van der Waals surface area contributed by atoms with Crippen LogP contribution in [0.5, 0.6) is 0 Å². The number of guanidine groups is 1. The summed E-state index contributed by atoms with van der Waals surface area (Å²) in [5.74, 6) is 0.703. The number of hydrogen-bond acceptors (Lipinski definition) is 4. The second-order valence-corrected chi connectivity index (χ2v) is 8.55. The van der Waals surface area contributed by atoms with Gasteiger partial charge in [0.2, 0.25) is 10.0 Å². The van der Waals surface area contributed by atoms with E-state index in [1.807, 2.05) is 31.2 Å². The van der Waals surface area contributed by atoms with Gasteiger partial charge in [-0.2, -0.15) is 0 Å². The fraction of sp³-hybridized carbons (Fsp3) is 0.588. The largest absolute Gasteiger partial charge is 0.368 e. The molecule has 1 fully saturated rings. The average Bonchev–Trinajstić information content (AvgIpc) is 2.59. The Balaban J connectivity index is 1.94. The van der Waals surface area contributed by atoms with E-state index in [2.05, 4.69) is 25.2 Å². The summed E-state index contributed by atoms with van der Waals surface area (Å²) in [6.07, 6.45) is 3.26. The fourth-order valence-corrected chi connectivity index (χ4v) is 3.65. The lowest BCUT2D eigenvalue weighted by Gasteiger charge is -2.35. The van der Waals surface area contributed by atoms with E-state index >= 15 is 0 Å². The summed E-state index contributed by atoms with van der Waals surface area (Å²) in [4.78, 5) is 6.74. The summed E-state index contributed by atoms with van der Waals surface area (Å²) in [6.45, 7) is 5.23. The zero-order chi connectivity index (χ0) is 19.0. The van der Waals surface area contributed by atoms with Crippen LogP contribution in [0.1, 0.15) is 19.8 Å². The van der Waals surface area contributed by atoms with Crippen LogP contribution in [0.2, 0.25) is 5.02 Å². The number of sulfonamides is 1. The molecule has 26 heavy (non-hydrogen) atoms. The van der Waals surface area contributed by atoms with Gasteiger partial charge in [-0.05, 0) is 31.9 Å². The number of nitrogens with zero attached hydrogens (tertiary/aromatic N) is 2. The molecule has 0 bridgehead atoms. The molecule has 1 aromatic carbocycles. The van der Waals surface area contributed by atoms with Crippen molar-refractivity contribution in [2.45, 2.75) is 25.8 Å². The Morgan fingerprint density at radius 2 is 2.15 bits per heavy atom. The Labute approximate surface area is 161 Å². The lowest BCUT2D eigenvalue weighted by atomic mass is 10.0. The molecule has 1 unspecified atom stereocenters. The molecule has 0 aliphatic carbocycles. The Morgan fingerprint density at radius 3 is 2.85 bits per heavy atom. The zero-order valence-corrected chi connectivity index (χ0v) is 16.9. The normalized spacial score (nSPS) is 18.7. The molecule has 7 nitrogen and oxygen atoms in total. The molecule has 9 heteroatoms. The summed E-state index contributed by atoms with van der Waals surface area (Å²) in [5.41, 5.74) is 1.06. The molecule has 3 N–H and O–H groups in total. The first-order valence-corrected chi connectivity index (χ1v) is 11.1. The summed E-state index contributed by atoms with van der Waals surface area (Å²) in [5, 5.41) is 7.43. The van der Waals surface area contributed by atoms with Crippen molar-refractivity contribution in [3.8, 4) is 0 Å². The van der Waals surface area contributed by atoms with Gasteiger partial charge in [-0.1, -0.05) is 23.7 Å². The summed E-state index contributed by atoms with van der Waals surface area (Å²) in [7, 11) is -3.18. The third-order valence-corrected chi connectivity index (χ3v) is 5.09. The van der Waals surface area contributed by atoms with E-state index in [9.17, 15) is 8.42 Å². The van der Waals surface area contributed by atoms with Crippen LogP contribution < -0.4 is 20.3 Å². The van der Waals surface area contributed by atoms with Gasteiger partial charge in [0.15, 0.2) is 5.96 Å². The van der Waals surface area contributed by atoms with Crippen molar-refractivity contribution < 1.29 is 8.42 Å². The number of anilines is 1. The third kappa shape index (κ3) is 7.01. The number of aliphatic imine (C=N–C) groups is 1. The molecule has 1 aliphatic rings. The van der Waals surface area contributed by atoms with Gasteiger partial charge in [0.1, 0.15) is 0 Å². The summed E-state index contributed by atoms with van der Waals surface area (Å²) in [6, 6.07) is 8.14. The van der Waals surface area contributed by atoms with Crippen molar-refractivity contribution in [1.82, 2.24) is 15.4 Å². The average molecular weight is 402 g/mol. The number of halogens is 1. The molecule has 2 rings (SSSR count). The maximum atomic E-state index is 11.1. The van der Waals surface area contributed by atoms with Crippen LogP contribution in [-0.4, -0.2) is 59.4 Å². The topological polar surface area (TPSA) is 85.8 Å². The molecule has 0 aromatic heterocycles. The summed E-state index contributed by atoms with van der Waals surface area (Å²) < 4.78 is 24.7. The number of benzene rings is 1. The van der Waals surface area contributed by atoms with E-state index in [1.165, 1.54) is 0 Å². The summed E-state index contributed by atoms with van der Waals surface area (Å²) >= 11 is 6.33. The molecular weight excluding hydrogens is 374 g/mol. The number of hydrogen-bond donors (Lipinski definition) is 3. The van der Waals surface area contributed by atoms with Crippen molar-refractivity contribution in [1.29, 1.82) is 0 Å². The first kappa shape index (κ1) is 20.8. The van der Waals surface area contributed by atoms with E-state index in [4.69, 9.17) is 11.6 Å². The van der Waals surface area contributed by atoms with E-state index < -0.39 is 10.0 Å². The molecule has 0 radical (unpaired) electrons. The minimum Gasteiger partial charge on any atom is -0.368 e. The van der Waals surface area contributed by atoms with Gasteiger partial charge in [-0.25, -0.2) is 13.1 Å². The number of para-hydroxylation sites is 1. The SMILES string of the molecule is CCNC(=NCCNS(C)(=O)=O)NC1CCCN(c2ccccc2Cl)C1. The van der Waals surface area contributed by atoms with Crippen LogP contribution in [0.15, 0.2) is 29.3 Å². The minimum absolute atomic E-state index is 0.251. The quantitative estimate of drug-likeness (QED) is 0.365. The smallest absolute Gasteiger partial charge is 0.208 e. The van der Waals surface area contributed by atoms with E-state index in [0.717, 1.165) is 49.4 Å². The van der Waals surface area contributed by atoms with Crippen LogP contribution in [-0.2, 0) is 10.0 Å².